The van der Waals surface area contributed by atoms with E-state index in [1.165, 1.54) is 6.33 Å². The third-order valence-electron chi connectivity index (χ3n) is 2.00. The molecule has 0 saturated carbocycles. The first kappa shape index (κ1) is 12.3. The number of fused-ring (bicyclic) bond motifs is 1. The van der Waals surface area contributed by atoms with Crippen LogP contribution in [0.1, 0.15) is 13.8 Å². The summed E-state index contributed by atoms with van der Waals surface area (Å²) in [5.74, 6) is 0. The standard InChI is InChI=1S/C9H10AsIN4O/c1-9(2,16)3-15-8-5(7(11)14-15)6(10)12-4-13-8/h4,16H,3H2,1-2H3. The van der Waals surface area contributed by atoms with Gasteiger partial charge in [-0.25, -0.2) is 0 Å². The number of aromatic nitrogens is 4. The van der Waals surface area contributed by atoms with Crippen LogP contribution in [0.4, 0.5) is 0 Å². The summed E-state index contributed by atoms with van der Waals surface area (Å²) in [5, 5.41) is 15.1. The number of nitrogens with zero attached hydrogens (tertiary/aromatic N) is 4. The number of rotatable bonds is 2. The summed E-state index contributed by atoms with van der Waals surface area (Å²) in [7, 11) is 0. The molecule has 0 amide bonds. The molecule has 84 valence electrons. The van der Waals surface area contributed by atoms with Crippen LogP contribution in [0.15, 0.2) is 6.33 Å². The van der Waals surface area contributed by atoms with Gasteiger partial charge >= 0.3 is 116 Å². The van der Waals surface area contributed by atoms with E-state index in [-0.39, 0.29) is 0 Å². The fourth-order valence-corrected chi connectivity index (χ4v) is 3.19. The van der Waals surface area contributed by atoms with Crippen LogP contribution in [0.2, 0.25) is 0 Å². The van der Waals surface area contributed by atoms with Crippen LogP contribution < -0.4 is 4.48 Å². The van der Waals surface area contributed by atoms with Crippen molar-refractivity contribution in [1.82, 2.24) is 19.7 Å². The molecule has 1 N–H and O–H groups in total. The predicted molar refractivity (Wildman–Crippen MR) is 69.7 cm³/mol. The van der Waals surface area contributed by atoms with Crippen molar-refractivity contribution in [3.63, 3.8) is 0 Å². The molecule has 0 fully saturated rings. The Hall–Kier alpha value is -0.202. The zero-order valence-electron chi connectivity index (χ0n) is 8.85. The topological polar surface area (TPSA) is 63.8 Å². The molecular formula is C9H10AsIN4O. The van der Waals surface area contributed by atoms with E-state index in [1.807, 2.05) is 0 Å². The Balaban J connectivity index is 2.60. The van der Waals surface area contributed by atoms with Crippen LogP contribution in [0.5, 0.6) is 0 Å². The van der Waals surface area contributed by atoms with Crippen molar-refractivity contribution in [3.8, 4) is 0 Å². The van der Waals surface area contributed by atoms with E-state index in [4.69, 9.17) is 0 Å². The van der Waals surface area contributed by atoms with Gasteiger partial charge in [-0.3, -0.25) is 0 Å². The third-order valence-corrected chi connectivity index (χ3v) is 3.47. The molecule has 0 aromatic carbocycles. The molecule has 0 bridgehead atoms. The molecule has 2 radical (unpaired) electrons. The van der Waals surface area contributed by atoms with Crippen LogP contribution in [-0.2, 0) is 6.54 Å². The van der Waals surface area contributed by atoms with Gasteiger partial charge in [0.1, 0.15) is 0 Å². The van der Waals surface area contributed by atoms with E-state index in [2.05, 4.69) is 54.5 Å². The van der Waals surface area contributed by atoms with E-state index < -0.39 is 5.60 Å². The van der Waals surface area contributed by atoms with Crippen molar-refractivity contribution in [2.75, 3.05) is 0 Å². The van der Waals surface area contributed by atoms with Gasteiger partial charge < -0.3 is 0 Å². The Labute approximate surface area is 115 Å². The van der Waals surface area contributed by atoms with Crippen molar-refractivity contribution in [2.24, 2.45) is 0 Å². The van der Waals surface area contributed by atoms with E-state index in [0.717, 1.165) is 19.2 Å². The Kier molecular flexibility index (Phi) is 3.24. The van der Waals surface area contributed by atoms with Crippen molar-refractivity contribution >= 4 is 55.0 Å². The summed E-state index contributed by atoms with van der Waals surface area (Å²) < 4.78 is 3.42. The molecule has 2 rings (SSSR count). The molecule has 2 heterocycles. The summed E-state index contributed by atoms with van der Waals surface area (Å²) in [6.07, 6.45) is 1.51. The SMILES string of the molecule is CC(C)(O)Cn1nc(I)c2c([As])ncnc21. The summed E-state index contributed by atoms with van der Waals surface area (Å²) in [6, 6.07) is 0. The maximum atomic E-state index is 9.80. The van der Waals surface area contributed by atoms with Crippen LogP contribution in [0.25, 0.3) is 11.0 Å². The van der Waals surface area contributed by atoms with Gasteiger partial charge in [-0.2, -0.15) is 0 Å². The fourth-order valence-electron chi connectivity index (χ4n) is 1.43. The molecule has 2 aromatic rings. The van der Waals surface area contributed by atoms with E-state index in [9.17, 15) is 5.11 Å². The quantitative estimate of drug-likeness (QED) is 0.578. The van der Waals surface area contributed by atoms with Gasteiger partial charge in [0.05, 0.1) is 0 Å². The van der Waals surface area contributed by atoms with Gasteiger partial charge in [-0.1, -0.05) is 0 Å². The Bertz CT molecular complexity index is 534. The molecule has 0 atom stereocenters. The zero-order chi connectivity index (χ0) is 11.9. The average molecular weight is 392 g/mol. The molecule has 0 aliphatic carbocycles. The van der Waals surface area contributed by atoms with Gasteiger partial charge in [0.2, 0.25) is 0 Å². The average Bonchev–Trinajstić information content (AvgIpc) is 2.42. The second-order valence-electron chi connectivity index (χ2n) is 4.16. The Morgan fingerprint density at radius 2 is 2.19 bits per heavy atom. The Morgan fingerprint density at radius 1 is 1.50 bits per heavy atom. The minimum atomic E-state index is -0.810. The summed E-state index contributed by atoms with van der Waals surface area (Å²) >= 11 is 4.56. The number of aliphatic hydroxyl groups is 1. The molecular weight excluding hydrogens is 382 g/mol. The molecule has 0 aliphatic heterocycles. The van der Waals surface area contributed by atoms with Crippen molar-refractivity contribution in [3.05, 3.63) is 10.0 Å². The van der Waals surface area contributed by atoms with Crippen LogP contribution in [0.3, 0.4) is 0 Å². The van der Waals surface area contributed by atoms with E-state index >= 15 is 0 Å². The summed E-state index contributed by atoms with van der Waals surface area (Å²) in [5.41, 5.74) is -0.0485. The summed E-state index contributed by atoms with van der Waals surface area (Å²) in [6.45, 7) is 3.91. The van der Waals surface area contributed by atoms with Crippen molar-refractivity contribution in [1.29, 1.82) is 0 Å². The number of halogens is 1. The van der Waals surface area contributed by atoms with Crippen molar-refractivity contribution < 1.29 is 5.11 Å². The minimum absolute atomic E-state index is 0.413. The zero-order valence-corrected chi connectivity index (χ0v) is 12.9. The van der Waals surface area contributed by atoms with Gasteiger partial charge in [-0.05, 0) is 0 Å². The molecule has 2 aromatic heterocycles. The first-order valence-electron chi connectivity index (χ1n) is 4.67. The summed E-state index contributed by atoms with van der Waals surface area (Å²) in [4.78, 5) is 8.33. The van der Waals surface area contributed by atoms with Gasteiger partial charge in [0, 0.05) is 0 Å². The predicted octanol–water partition coefficient (Wildman–Crippen LogP) is -0.00440. The third kappa shape index (κ3) is 2.38. The molecule has 0 saturated heterocycles. The van der Waals surface area contributed by atoms with Gasteiger partial charge in [-0.15, -0.1) is 0 Å². The molecule has 0 spiro atoms. The first-order valence-corrected chi connectivity index (χ1v) is 6.68. The van der Waals surface area contributed by atoms with E-state index in [1.54, 1.807) is 18.5 Å². The molecule has 0 unspecified atom stereocenters. The molecule has 0 aliphatic rings. The first-order chi connectivity index (χ1) is 7.38. The van der Waals surface area contributed by atoms with Gasteiger partial charge in [0.25, 0.3) is 0 Å². The molecule has 7 heteroatoms. The van der Waals surface area contributed by atoms with Crippen LogP contribution >= 0.6 is 22.6 Å². The number of hydrogen-bond donors (Lipinski definition) is 1. The monoisotopic (exact) mass is 392 g/mol. The van der Waals surface area contributed by atoms with Crippen molar-refractivity contribution in [2.45, 2.75) is 26.0 Å². The normalized spacial score (nSPS) is 12.3. The van der Waals surface area contributed by atoms with Gasteiger partial charge in [0.15, 0.2) is 0 Å². The van der Waals surface area contributed by atoms with Crippen LogP contribution in [-0.4, -0.2) is 47.3 Å². The van der Waals surface area contributed by atoms with Crippen LogP contribution in [0, 0.1) is 3.70 Å². The second kappa shape index (κ2) is 4.23. The Morgan fingerprint density at radius 3 is 2.81 bits per heavy atom. The second-order valence-corrected chi connectivity index (χ2v) is 6.07. The maximum absolute atomic E-state index is 9.80. The fraction of sp³-hybridized carbons (Fsp3) is 0.444. The van der Waals surface area contributed by atoms with E-state index in [0.29, 0.717) is 6.54 Å². The number of hydrogen-bond acceptors (Lipinski definition) is 4. The molecule has 5 nitrogen and oxygen atoms in total. The molecule has 16 heavy (non-hydrogen) atoms.